The molecule has 1 N–H and O–H groups in total. The number of pyridine rings is 2. The average Bonchev–Trinajstić information content (AvgIpc) is 3.55. The van der Waals surface area contributed by atoms with Gasteiger partial charge in [0.2, 0.25) is 0 Å². The Bertz CT molecular complexity index is 2700. The van der Waals surface area contributed by atoms with Gasteiger partial charge in [-0.3, -0.25) is 19.6 Å². The van der Waals surface area contributed by atoms with Crippen molar-refractivity contribution in [2.24, 2.45) is 0 Å². The summed E-state index contributed by atoms with van der Waals surface area (Å²) in [5.74, 6) is -1.86. The number of carboxylic acids is 1. The molecule has 272 valence electrons. The quantitative estimate of drug-likeness (QED) is 0.149. The number of benzene rings is 4. The molecule has 8 aromatic rings. The topological polar surface area (TPSA) is 99.2 Å². The number of carbonyl (C=O) groups excluding carboxylic acids is 1. The molecule has 8 nitrogen and oxygen atoms in total. The lowest BCUT2D eigenvalue weighted by Crippen LogP contribution is -2.14. The summed E-state index contributed by atoms with van der Waals surface area (Å²) in [6, 6.07) is 33.0. The molecule has 0 saturated carbocycles. The molecule has 8 rings (SSSR count). The van der Waals surface area contributed by atoms with Gasteiger partial charge in [0.25, 0.3) is 0 Å². The number of fused-ring (bicyclic) bond motifs is 4. The second-order valence-corrected chi connectivity index (χ2v) is 13.2. The molecule has 0 amide bonds. The van der Waals surface area contributed by atoms with Crippen LogP contribution in [0.2, 0.25) is 0 Å². The Kier molecular flexibility index (Phi) is 10.2. The van der Waals surface area contributed by atoms with Gasteiger partial charge in [0.15, 0.2) is 0 Å². The first-order valence-corrected chi connectivity index (χ1v) is 17.7. The minimum atomic E-state index is -0.926. The van der Waals surface area contributed by atoms with E-state index < -0.39 is 5.97 Å². The molecule has 0 spiro atoms. The van der Waals surface area contributed by atoms with E-state index in [0.29, 0.717) is 19.4 Å². The predicted molar refractivity (Wildman–Crippen MR) is 207 cm³/mol. The number of nitrogens with zero attached hydrogens (tertiary/aromatic N) is 4. The number of para-hydroxylation sites is 2. The molecule has 4 aromatic carbocycles. The molecule has 0 saturated heterocycles. The highest BCUT2D eigenvalue weighted by Gasteiger charge is 2.19. The van der Waals surface area contributed by atoms with E-state index in [1.54, 1.807) is 23.6 Å². The van der Waals surface area contributed by atoms with Crippen molar-refractivity contribution in [3.05, 3.63) is 155 Å². The monoisotopic (exact) mass is 724 g/mol. The Hall–Kier alpha value is -6.42. The van der Waals surface area contributed by atoms with Crippen molar-refractivity contribution in [3.8, 4) is 0 Å². The van der Waals surface area contributed by atoms with Crippen LogP contribution in [0.5, 0.6) is 0 Å². The summed E-state index contributed by atoms with van der Waals surface area (Å²) in [5.41, 5.74) is 8.77. The van der Waals surface area contributed by atoms with Gasteiger partial charge in [0, 0.05) is 68.2 Å². The lowest BCUT2D eigenvalue weighted by molar-refractivity contribution is -0.143. The number of ether oxygens (including phenoxy) is 1. The van der Waals surface area contributed by atoms with Crippen molar-refractivity contribution >= 4 is 55.6 Å². The minimum Gasteiger partial charge on any atom is -0.480 e. The fraction of sp³-hybridized carbons (Fsp3) is 0.182. The van der Waals surface area contributed by atoms with Crippen molar-refractivity contribution in [1.82, 2.24) is 19.1 Å². The number of aliphatic carboxylic acids is 1. The van der Waals surface area contributed by atoms with Gasteiger partial charge >= 0.3 is 11.9 Å². The van der Waals surface area contributed by atoms with E-state index in [9.17, 15) is 23.5 Å². The highest BCUT2D eigenvalue weighted by atomic mass is 19.1. The molecule has 0 aliphatic rings. The zero-order valence-electron chi connectivity index (χ0n) is 30.1. The summed E-state index contributed by atoms with van der Waals surface area (Å²) >= 11 is 0. The van der Waals surface area contributed by atoms with Crippen LogP contribution >= 0.6 is 0 Å². The van der Waals surface area contributed by atoms with Crippen molar-refractivity contribution in [3.63, 3.8) is 0 Å². The van der Waals surface area contributed by atoms with Crippen LogP contribution in [0, 0.1) is 25.5 Å². The lowest BCUT2D eigenvalue weighted by atomic mass is 10.0. The van der Waals surface area contributed by atoms with E-state index in [4.69, 9.17) is 14.7 Å². The van der Waals surface area contributed by atoms with E-state index in [0.717, 1.165) is 77.5 Å². The Balaban J connectivity index is 0.000000167. The number of aromatic nitrogens is 4. The van der Waals surface area contributed by atoms with Crippen LogP contribution in [-0.4, -0.2) is 42.8 Å². The smallest absolute Gasteiger partial charge is 0.325 e. The van der Waals surface area contributed by atoms with Gasteiger partial charge in [-0.15, -0.1) is 0 Å². The summed E-state index contributed by atoms with van der Waals surface area (Å²) in [6.07, 6.45) is 1.08. The highest BCUT2D eigenvalue weighted by molar-refractivity contribution is 5.89. The van der Waals surface area contributed by atoms with Crippen LogP contribution in [0.1, 0.15) is 40.8 Å². The fourth-order valence-corrected chi connectivity index (χ4v) is 7.15. The Morgan fingerprint density at radius 1 is 0.648 bits per heavy atom. The van der Waals surface area contributed by atoms with Crippen molar-refractivity contribution < 1.29 is 28.2 Å². The normalized spacial score (nSPS) is 11.3. The molecule has 0 bridgehead atoms. The van der Waals surface area contributed by atoms with Gasteiger partial charge in [-0.2, -0.15) is 0 Å². The van der Waals surface area contributed by atoms with Gasteiger partial charge < -0.3 is 19.0 Å². The van der Waals surface area contributed by atoms with E-state index in [1.807, 2.05) is 91.2 Å². The van der Waals surface area contributed by atoms with Crippen LogP contribution in [0.3, 0.4) is 0 Å². The minimum absolute atomic E-state index is 0.104. The average molecular weight is 725 g/mol. The maximum absolute atomic E-state index is 14.0. The second-order valence-electron chi connectivity index (χ2n) is 13.2. The van der Waals surface area contributed by atoms with Crippen LogP contribution < -0.4 is 0 Å². The zero-order chi connectivity index (χ0) is 37.9. The molecule has 0 fully saturated rings. The molecule has 4 aromatic heterocycles. The molecule has 10 heteroatoms. The summed E-state index contributed by atoms with van der Waals surface area (Å²) in [6.45, 7) is 5.89. The number of hydrogen-bond acceptors (Lipinski definition) is 5. The largest absolute Gasteiger partial charge is 0.480 e. The van der Waals surface area contributed by atoms with Gasteiger partial charge in [-0.25, -0.2) is 8.78 Å². The predicted octanol–water partition coefficient (Wildman–Crippen LogP) is 9.10. The molecular formula is C44H38F2N4O4. The second kappa shape index (κ2) is 15.3. The summed E-state index contributed by atoms with van der Waals surface area (Å²) in [4.78, 5) is 32.7. The van der Waals surface area contributed by atoms with Crippen molar-refractivity contribution in [2.75, 3.05) is 6.61 Å². The van der Waals surface area contributed by atoms with E-state index in [2.05, 4.69) is 0 Å². The summed E-state index contributed by atoms with van der Waals surface area (Å²) in [7, 11) is 0. The zero-order valence-corrected chi connectivity index (χ0v) is 30.1. The third-order valence-corrected chi connectivity index (χ3v) is 9.75. The Morgan fingerprint density at radius 3 is 1.57 bits per heavy atom. The third-order valence-electron chi connectivity index (χ3n) is 9.75. The van der Waals surface area contributed by atoms with Crippen molar-refractivity contribution in [2.45, 2.75) is 46.7 Å². The van der Waals surface area contributed by atoms with Crippen LogP contribution in [0.15, 0.2) is 109 Å². The summed E-state index contributed by atoms with van der Waals surface area (Å²) in [5, 5.41) is 12.9. The van der Waals surface area contributed by atoms with E-state index in [-0.39, 0.29) is 30.7 Å². The molecule has 54 heavy (non-hydrogen) atoms. The molecule has 0 radical (unpaired) electrons. The molecule has 0 aliphatic carbocycles. The van der Waals surface area contributed by atoms with Crippen LogP contribution in [-0.2, 0) is 40.3 Å². The van der Waals surface area contributed by atoms with Gasteiger partial charge in [0.05, 0.1) is 17.6 Å². The maximum Gasteiger partial charge on any atom is 0.325 e. The highest BCUT2D eigenvalue weighted by Crippen LogP contribution is 2.31. The Labute approximate surface area is 310 Å². The number of hydrogen-bond donors (Lipinski definition) is 1. The van der Waals surface area contributed by atoms with Crippen molar-refractivity contribution in [1.29, 1.82) is 0 Å². The molecule has 0 unspecified atom stereocenters. The third kappa shape index (κ3) is 7.41. The number of rotatable bonds is 9. The first-order valence-electron chi connectivity index (χ1n) is 17.7. The number of esters is 1. The fourth-order valence-electron chi connectivity index (χ4n) is 7.15. The number of carbonyl (C=O) groups is 2. The van der Waals surface area contributed by atoms with E-state index in [1.165, 1.54) is 24.3 Å². The molecular weight excluding hydrogens is 687 g/mol. The van der Waals surface area contributed by atoms with Crippen LogP contribution in [0.25, 0.3) is 43.6 Å². The molecule has 0 aliphatic heterocycles. The number of carboxylic acid groups (broad SMARTS) is 1. The van der Waals surface area contributed by atoms with E-state index >= 15 is 0 Å². The Morgan fingerprint density at radius 2 is 1.11 bits per heavy atom. The maximum atomic E-state index is 14.0. The SMILES string of the molecule is CCOC(=O)Cn1c(C)c(Cc2ccc3ccccc3n2)c2cc(F)ccc21.Cc1c(Cc2ccc3ccccc3n2)c2cc(F)ccc2n1CC(=O)O. The summed E-state index contributed by atoms with van der Waals surface area (Å²) < 4.78 is 36.5. The molecule has 4 heterocycles. The first-order chi connectivity index (χ1) is 26.1. The molecule has 0 atom stereocenters. The lowest BCUT2D eigenvalue weighted by Gasteiger charge is -2.08. The van der Waals surface area contributed by atoms with Gasteiger partial charge in [-0.05, 0) is 92.6 Å². The first kappa shape index (κ1) is 36.0. The van der Waals surface area contributed by atoms with Gasteiger partial charge in [-0.1, -0.05) is 48.5 Å². The van der Waals surface area contributed by atoms with Crippen LogP contribution in [0.4, 0.5) is 8.78 Å². The van der Waals surface area contributed by atoms with Gasteiger partial charge in [0.1, 0.15) is 24.7 Å². The standard InChI is InChI=1S/C23H21FN2O2.C21H17FN2O2/c1-3-28-23(27)14-26-15(2)19(20-12-17(24)9-11-22(20)26)13-18-10-8-16-6-4-5-7-21(16)25-18;1-13-17(11-16-8-6-14-4-2-3-5-19(14)23-16)18-10-15(22)7-9-20(18)24(13)12-21(25)26/h4-12H,3,13-14H2,1-2H3;2-10H,11-12H2,1H3,(H,25,26). The number of halogens is 2.